The lowest BCUT2D eigenvalue weighted by Gasteiger charge is -2.17. The number of nitrogens with zero attached hydrogens (tertiary/aromatic N) is 1. The molecule has 0 atom stereocenters. The number of carbonyl (C=O) groups is 3. The van der Waals surface area contributed by atoms with Gasteiger partial charge in [-0.3, -0.25) is 4.79 Å². The predicted octanol–water partition coefficient (Wildman–Crippen LogP) is -1.13. The Morgan fingerprint density at radius 3 is 2.56 bits per heavy atom. The first-order valence-corrected chi connectivity index (χ1v) is 5.46. The Balaban J connectivity index is 3.62. The Morgan fingerprint density at radius 2 is 2.00 bits per heavy atom. The van der Waals surface area contributed by atoms with E-state index in [1.54, 1.807) is 7.05 Å². The molecule has 3 N–H and O–H groups in total. The zero-order valence-corrected chi connectivity index (χ0v) is 10.6. The maximum Gasteiger partial charge on any atom is 0.329 e. The van der Waals surface area contributed by atoms with E-state index >= 15 is 0 Å². The van der Waals surface area contributed by atoms with Crippen molar-refractivity contribution >= 4 is 17.9 Å². The molecule has 0 aromatic rings. The van der Waals surface area contributed by atoms with E-state index in [4.69, 9.17) is 9.84 Å². The summed E-state index contributed by atoms with van der Waals surface area (Å²) < 4.78 is 4.74. The third kappa shape index (κ3) is 8.34. The highest BCUT2D eigenvalue weighted by atomic mass is 16.5. The molecule has 0 bridgehead atoms. The number of rotatable bonds is 8. The Morgan fingerprint density at radius 1 is 1.33 bits per heavy atom. The van der Waals surface area contributed by atoms with Crippen LogP contribution in [0.4, 0.5) is 4.79 Å². The van der Waals surface area contributed by atoms with Gasteiger partial charge in [-0.15, -0.1) is 0 Å². The SMILES string of the molecule is CNC(=O)CCN(C)C(=O)NCCOCC(=O)O. The van der Waals surface area contributed by atoms with Crippen molar-refractivity contribution in [3.63, 3.8) is 0 Å². The number of carbonyl (C=O) groups excluding carboxylic acids is 2. The molecule has 0 aliphatic rings. The molecule has 0 fully saturated rings. The molecular weight excluding hydrogens is 242 g/mol. The first kappa shape index (κ1) is 16.2. The molecule has 8 nitrogen and oxygen atoms in total. The molecule has 18 heavy (non-hydrogen) atoms. The fourth-order valence-corrected chi connectivity index (χ4v) is 1.02. The van der Waals surface area contributed by atoms with Gasteiger partial charge < -0.3 is 25.4 Å². The second-order valence-corrected chi connectivity index (χ2v) is 3.52. The van der Waals surface area contributed by atoms with E-state index in [1.807, 2.05) is 0 Å². The van der Waals surface area contributed by atoms with Gasteiger partial charge in [-0.25, -0.2) is 9.59 Å². The third-order valence-electron chi connectivity index (χ3n) is 2.05. The van der Waals surface area contributed by atoms with Crippen molar-refractivity contribution < 1.29 is 24.2 Å². The van der Waals surface area contributed by atoms with Crippen molar-refractivity contribution in [2.75, 3.05) is 40.4 Å². The quantitative estimate of drug-likeness (QED) is 0.479. The van der Waals surface area contributed by atoms with Gasteiger partial charge in [-0.05, 0) is 0 Å². The van der Waals surface area contributed by atoms with E-state index < -0.39 is 5.97 Å². The van der Waals surface area contributed by atoms with E-state index in [2.05, 4.69) is 10.6 Å². The monoisotopic (exact) mass is 261 g/mol. The van der Waals surface area contributed by atoms with E-state index in [9.17, 15) is 14.4 Å². The van der Waals surface area contributed by atoms with E-state index in [0.717, 1.165) is 0 Å². The Kier molecular flexibility index (Phi) is 8.29. The largest absolute Gasteiger partial charge is 0.480 e. The molecular formula is C10H19N3O5. The number of urea groups is 1. The molecule has 0 aliphatic carbocycles. The highest BCUT2D eigenvalue weighted by molar-refractivity contribution is 5.77. The number of ether oxygens (including phenoxy) is 1. The maximum atomic E-state index is 11.5. The number of nitrogens with one attached hydrogen (secondary N) is 2. The number of hydrogen-bond acceptors (Lipinski definition) is 4. The summed E-state index contributed by atoms with van der Waals surface area (Å²) in [5, 5.41) is 13.3. The van der Waals surface area contributed by atoms with Crippen LogP contribution in [0.2, 0.25) is 0 Å². The van der Waals surface area contributed by atoms with Gasteiger partial charge >= 0.3 is 12.0 Å². The molecule has 3 amide bonds. The molecule has 8 heteroatoms. The topological polar surface area (TPSA) is 108 Å². The van der Waals surface area contributed by atoms with Gasteiger partial charge in [-0.2, -0.15) is 0 Å². The number of amides is 3. The van der Waals surface area contributed by atoms with Crippen LogP contribution in [0.5, 0.6) is 0 Å². The van der Waals surface area contributed by atoms with Crippen molar-refractivity contribution in [3.8, 4) is 0 Å². The summed E-state index contributed by atoms with van der Waals surface area (Å²) in [7, 11) is 3.10. The van der Waals surface area contributed by atoms with Crippen LogP contribution in [0, 0.1) is 0 Å². The van der Waals surface area contributed by atoms with Gasteiger partial charge in [0.25, 0.3) is 0 Å². The molecule has 0 aromatic heterocycles. The van der Waals surface area contributed by atoms with Gasteiger partial charge in [0, 0.05) is 33.6 Å². The lowest BCUT2D eigenvalue weighted by Crippen LogP contribution is -2.40. The number of hydrogen-bond donors (Lipinski definition) is 3. The summed E-state index contributed by atoms with van der Waals surface area (Å²) >= 11 is 0. The van der Waals surface area contributed by atoms with Crippen LogP contribution in [-0.4, -0.2) is 68.3 Å². The zero-order chi connectivity index (χ0) is 14.0. The Hall–Kier alpha value is -1.83. The minimum Gasteiger partial charge on any atom is -0.480 e. The lowest BCUT2D eigenvalue weighted by molar-refractivity contribution is -0.142. The maximum absolute atomic E-state index is 11.5. The van der Waals surface area contributed by atoms with Crippen LogP contribution in [0.25, 0.3) is 0 Å². The predicted molar refractivity (Wildman–Crippen MR) is 63.2 cm³/mol. The molecule has 0 saturated heterocycles. The summed E-state index contributed by atoms with van der Waals surface area (Å²) in [4.78, 5) is 33.9. The summed E-state index contributed by atoms with van der Waals surface area (Å²) in [6, 6.07) is -0.335. The summed E-state index contributed by atoms with van der Waals surface area (Å²) in [6.07, 6.45) is 0.232. The van der Waals surface area contributed by atoms with Crippen LogP contribution < -0.4 is 10.6 Å². The van der Waals surface area contributed by atoms with Crippen molar-refractivity contribution in [1.29, 1.82) is 0 Å². The van der Waals surface area contributed by atoms with Gasteiger partial charge in [-0.1, -0.05) is 0 Å². The lowest BCUT2D eigenvalue weighted by atomic mass is 10.4. The Bertz CT molecular complexity index is 295. The fraction of sp³-hybridized carbons (Fsp3) is 0.700. The third-order valence-corrected chi connectivity index (χ3v) is 2.05. The summed E-state index contributed by atoms with van der Waals surface area (Å²) in [5.74, 6) is -1.19. The summed E-state index contributed by atoms with van der Waals surface area (Å²) in [6.45, 7) is 0.266. The number of carboxylic acids is 1. The molecule has 104 valence electrons. The van der Waals surface area contributed by atoms with E-state index in [1.165, 1.54) is 11.9 Å². The van der Waals surface area contributed by atoms with Gasteiger partial charge in [0.2, 0.25) is 5.91 Å². The van der Waals surface area contributed by atoms with E-state index in [-0.39, 0.29) is 38.1 Å². The molecule has 0 heterocycles. The van der Waals surface area contributed by atoms with Crippen LogP contribution in [-0.2, 0) is 14.3 Å². The van der Waals surface area contributed by atoms with Crippen LogP contribution >= 0.6 is 0 Å². The second kappa shape index (κ2) is 9.23. The van der Waals surface area contributed by atoms with Crippen LogP contribution in [0.1, 0.15) is 6.42 Å². The molecule has 0 aliphatic heterocycles. The molecule has 0 aromatic carbocycles. The Labute approximate surface area is 105 Å². The smallest absolute Gasteiger partial charge is 0.329 e. The molecule has 0 unspecified atom stereocenters. The van der Waals surface area contributed by atoms with E-state index in [0.29, 0.717) is 6.54 Å². The normalized spacial score (nSPS) is 9.67. The minimum absolute atomic E-state index is 0.126. The van der Waals surface area contributed by atoms with Crippen molar-refractivity contribution in [1.82, 2.24) is 15.5 Å². The van der Waals surface area contributed by atoms with Gasteiger partial charge in [0.05, 0.1) is 6.61 Å². The first-order valence-electron chi connectivity index (χ1n) is 5.46. The molecule has 0 spiro atoms. The molecule has 0 rings (SSSR count). The first-order chi connectivity index (χ1) is 8.47. The number of carboxylic acid groups (broad SMARTS) is 1. The second-order valence-electron chi connectivity index (χ2n) is 3.52. The number of aliphatic carboxylic acids is 1. The molecule has 0 radical (unpaired) electrons. The zero-order valence-electron chi connectivity index (χ0n) is 10.6. The van der Waals surface area contributed by atoms with Crippen molar-refractivity contribution in [2.45, 2.75) is 6.42 Å². The van der Waals surface area contributed by atoms with Crippen molar-refractivity contribution in [2.24, 2.45) is 0 Å². The molecule has 0 saturated carbocycles. The van der Waals surface area contributed by atoms with Crippen LogP contribution in [0.15, 0.2) is 0 Å². The van der Waals surface area contributed by atoms with Gasteiger partial charge in [0.1, 0.15) is 6.61 Å². The van der Waals surface area contributed by atoms with Gasteiger partial charge in [0.15, 0.2) is 0 Å². The fourth-order valence-electron chi connectivity index (χ4n) is 1.02. The standard InChI is InChI=1S/C10H19N3O5/c1-11-8(14)3-5-13(2)10(17)12-4-6-18-7-9(15)16/h3-7H2,1-2H3,(H,11,14)(H,12,17)(H,15,16). The highest BCUT2D eigenvalue weighted by Gasteiger charge is 2.09. The van der Waals surface area contributed by atoms with Crippen LogP contribution in [0.3, 0.4) is 0 Å². The minimum atomic E-state index is -1.05. The average molecular weight is 261 g/mol. The summed E-state index contributed by atoms with van der Waals surface area (Å²) in [5.41, 5.74) is 0. The highest BCUT2D eigenvalue weighted by Crippen LogP contribution is 1.88. The van der Waals surface area contributed by atoms with Crippen molar-refractivity contribution in [3.05, 3.63) is 0 Å². The average Bonchev–Trinajstić information content (AvgIpc) is 2.34.